The average Bonchev–Trinajstić information content (AvgIpc) is 2.73. The molecule has 0 aliphatic carbocycles. The summed E-state index contributed by atoms with van der Waals surface area (Å²) in [5, 5.41) is 12.5. The lowest BCUT2D eigenvalue weighted by molar-refractivity contribution is -0.137. The van der Waals surface area contributed by atoms with Crippen LogP contribution in [0.25, 0.3) is 0 Å². The van der Waals surface area contributed by atoms with Crippen LogP contribution in [0.15, 0.2) is 52.0 Å². The summed E-state index contributed by atoms with van der Waals surface area (Å²) in [7, 11) is 0. The summed E-state index contributed by atoms with van der Waals surface area (Å²) in [6.07, 6.45) is 9.16. The zero-order chi connectivity index (χ0) is 21.3. The Morgan fingerprint density at radius 2 is 2.20 bits per heavy atom. The van der Waals surface area contributed by atoms with Crippen molar-refractivity contribution in [3.63, 3.8) is 0 Å². The number of pyridine rings is 2. The van der Waals surface area contributed by atoms with Gasteiger partial charge in [0.15, 0.2) is 0 Å². The van der Waals surface area contributed by atoms with E-state index in [1.54, 1.807) is 12.1 Å². The van der Waals surface area contributed by atoms with E-state index in [1.165, 1.54) is 24.0 Å². The quantitative estimate of drug-likeness (QED) is 0.470. The van der Waals surface area contributed by atoms with Crippen molar-refractivity contribution in [3.8, 4) is 0 Å². The molecule has 1 aliphatic rings. The zero-order valence-electron chi connectivity index (χ0n) is 16.8. The van der Waals surface area contributed by atoms with Crippen molar-refractivity contribution in [1.29, 1.82) is 0 Å². The number of nitrogens with one attached hydrogen (secondary N) is 2. The second-order valence-corrected chi connectivity index (χ2v) is 7.33. The summed E-state index contributed by atoms with van der Waals surface area (Å²) in [5.74, 6) is 0.0356. The molecule has 5 N–H and O–H groups in total. The fourth-order valence-corrected chi connectivity index (χ4v) is 3.36. The molecule has 0 saturated carbocycles. The van der Waals surface area contributed by atoms with Crippen LogP contribution in [0.3, 0.4) is 0 Å². The van der Waals surface area contributed by atoms with E-state index in [0.29, 0.717) is 17.7 Å². The van der Waals surface area contributed by atoms with Crippen LogP contribution >= 0.6 is 0 Å². The molecule has 0 bridgehead atoms. The molecule has 2 aromatic heterocycles. The van der Waals surface area contributed by atoms with Crippen molar-refractivity contribution in [3.05, 3.63) is 69.4 Å². The lowest BCUT2D eigenvalue weighted by atomic mass is 10.1. The number of carbonyl (C=O) groups is 1. The summed E-state index contributed by atoms with van der Waals surface area (Å²) in [6, 6.07) is 6.57. The van der Waals surface area contributed by atoms with Gasteiger partial charge in [-0.1, -0.05) is 6.07 Å². The summed E-state index contributed by atoms with van der Waals surface area (Å²) < 4.78 is 0. The van der Waals surface area contributed by atoms with Gasteiger partial charge in [0.1, 0.15) is 5.82 Å². The number of aromatic nitrogens is 2. The van der Waals surface area contributed by atoms with E-state index in [9.17, 15) is 9.59 Å². The Morgan fingerprint density at radius 1 is 1.33 bits per heavy atom. The van der Waals surface area contributed by atoms with E-state index < -0.39 is 12.0 Å². The summed E-state index contributed by atoms with van der Waals surface area (Å²) in [6.45, 7) is 0.973. The molecule has 2 aromatic rings. The first-order chi connectivity index (χ1) is 14.5. The third kappa shape index (κ3) is 6.30. The van der Waals surface area contributed by atoms with Crippen molar-refractivity contribution in [2.24, 2.45) is 10.7 Å². The molecule has 8 nitrogen and oxygen atoms in total. The van der Waals surface area contributed by atoms with Gasteiger partial charge in [0.25, 0.3) is 0 Å². The Labute approximate surface area is 175 Å². The van der Waals surface area contributed by atoms with E-state index in [2.05, 4.69) is 32.4 Å². The highest BCUT2D eigenvalue weighted by Gasteiger charge is 2.14. The number of anilines is 1. The number of aryl methyl sites for hydroxylation is 2. The van der Waals surface area contributed by atoms with Gasteiger partial charge in [-0.15, -0.1) is 0 Å². The Balaban J connectivity index is 1.53. The average molecular weight is 409 g/mol. The molecule has 0 saturated heterocycles. The molecule has 30 heavy (non-hydrogen) atoms. The first-order valence-corrected chi connectivity index (χ1v) is 10.1. The Morgan fingerprint density at radius 3 is 2.97 bits per heavy atom. The molecule has 158 valence electrons. The Kier molecular flexibility index (Phi) is 7.37. The predicted molar refractivity (Wildman–Crippen MR) is 117 cm³/mol. The van der Waals surface area contributed by atoms with Crippen molar-refractivity contribution in [2.45, 2.75) is 44.6 Å². The zero-order valence-corrected chi connectivity index (χ0v) is 16.8. The maximum absolute atomic E-state index is 11.2. The minimum atomic E-state index is -0.965. The minimum absolute atomic E-state index is 0.172. The number of carboxylic acid groups (broad SMARTS) is 1. The molecule has 3 heterocycles. The molecule has 0 amide bonds. The standard InChI is InChI=1S/C22H27N5O3/c23-17(4-1-5-18-8-6-15-3-2-11-25-22(15)27-18)10-12-24-19(13-21(29)30)16-7-9-20(28)26-14-16/h6-10,12,14,19H,1-5,11,13,23H2,(H,25,27)(H,26,28)(H,29,30). The number of hydrogen-bond donors (Lipinski definition) is 4. The topological polar surface area (TPSA) is 133 Å². The molecule has 1 unspecified atom stereocenters. The van der Waals surface area contributed by atoms with Gasteiger partial charge in [0.2, 0.25) is 5.56 Å². The lowest BCUT2D eigenvalue weighted by Gasteiger charge is -2.17. The number of hydrogen-bond acceptors (Lipinski definition) is 6. The first kappa shape index (κ1) is 21.3. The lowest BCUT2D eigenvalue weighted by Crippen LogP contribution is -2.14. The number of carboxylic acids is 1. The number of nitrogens with zero attached hydrogens (tertiary/aromatic N) is 2. The van der Waals surface area contributed by atoms with Crippen LogP contribution in [0.2, 0.25) is 0 Å². The highest BCUT2D eigenvalue weighted by molar-refractivity contribution is 5.73. The maximum Gasteiger partial charge on any atom is 0.305 e. The van der Waals surface area contributed by atoms with E-state index >= 15 is 0 Å². The molecule has 0 fully saturated rings. The SMILES string of the molecule is NC(=CC=NC(CC(=O)O)c1ccc(=O)[nH]c1)CCCc1ccc2c(n1)NCCC2. The number of nitrogens with two attached hydrogens (primary N) is 1. The van der Waals surface area contributed by atoms with Crippen LogP contribution < -0.4 is 16.6 Å². The minimum Gasteiger partial charge on any atom is -0.481 e. The Bertz CT molecular complexity index is 976. The molecule has 3 rings (SSSR count). The summed E-state index contributed by atoms with van der Waals surface area (Å²) in [5.41, 5.74) is 9.45. The largest absolute Gasteiger partial charge is 0.481 e. The van der Waals surface area contributed by atoms with Crippen molar-refractivity contribution < 1.29 is 9.90 Å². The fourth-order valence-electron chi connectivity index (χ4n) is 3.36. The van der Waals surface area contributed by atoms with E-state index in [-0.39, 0.29) is 12.0 Å². The second kappa shape index (κ2) is 10.4. The normalized spacial score (nSPS) is 14.9. The number of allylic oxidation sites excluding steroid dienone is 2. The molecule has 0 spiro atoms. The van der Waals surface area contributed by atoms with Gasteiger partial charge in [-0.05, 0) is 61.4 Å². The highest BCUT2D eigenvalue weighted by Crippen LogP contribution is 2.21. The van der Waals surface area contributed by atoms with Gasteiger partial charge in [-0.2, -0.15) is 0 Å². The number of aliphatic carboxylic acids is 1. The molecule has 1 aliphatic heterocycles. The smallest absolute Gasteiger partial charge is 0.305 e. The van der Waals surface area contributed by atoms with Crippen molar-refractivity contribution in [1.82, 2.24) is 9.97 Å². The number of aliphatic imine (C=N–C) groups is 1. The number of aromatic amines is 1. The predicted octanol–water partition coefficient (Wildman–Crippen LogP) is 2.58. The fraction of sp³-hybridized carbons (Fsp3) is 0.364. The summed E-state index contributed by atoms with van der Waals surface area (Å²) in [4.78, 5) is 33.9. The Hall–Kier alpha value is -3.42. The van der Waals surface area contributed by atoms with Gasteiger partial charge in [0, 0.05) is 36.4 Å². The molecular weight excluding hydrogens is 382 g/mol. The number of rotatable bonds is 9. The number of fused-ring (bicyclic) bond motifs is 1. The monoisotopic (exact) mass is 409 g/mol. The molecular formula is C22H27N5O3. The summed E-state index contributed by atoms with van der Waals surface area (Å²) >= 11 is 0. The first-order valence-electron chi connectivity index (χ1n) is 10.1. The van der Waals surface area contributed by atoms with Gasteiger partial charge in [-0.25, -0.2) is 4.98 Å². The number of H-pyrrole nitrogens is 1. The van der Waals surface area contributed by atoms with Crippen LogP contribution in [-0.2, 0) is 17.6 Å². The third-order valence-electron chi connectivity index (χ3n) is 4.97. The highest BCUT2D eigenvalue weighted by atomic mass is 16.4. The van der Waals surface area contributed by atoms with E-state index in [1.807, 2.05) is 0 Å². The van der Waals surface area contributed by atoms with Gasteiger partial charge in [-0.3, -0.25) is 14.6 Å². The van der Waals surface area contributed by atoms with Crippen LogP contribution in [0.4, 0.5) is 5.82 Å². The van der Waals surface area contributed by atoms with E-state index in [4.69, 9.17) is 10.8 Å². The molecule has 0 aromatic carbocycles. The second-order valence-electron chi connectivity index (χ2n) is 7.33. The van der Waals surface area contributed by atoms with Gasteiger partial charge < -0.3 is 21.1 Å². The van der Waals surface area contributed by atoms with Crippen LogP contribution in [-0.4, -0.2) is 33.8 Å². The molecule has 8 heteroatoms. The van der Waals surface area contributed by atoms with Crippen molar-refractivity contribution >= 4 is 18.0 Å². The molecule has 1 atom stereocenters. The maximum atomic E-state index is 11.2. The van der Waals surface area contributed by atoms with E-state index in [0.717, 1.165) is 43.7 Å². The van der Waals surface area contributed by atoms with Gasteiger partial charge in [0.05, 0.1) is 12.5 Å². The van der Waals surface area contributed by atoms with Gasteiger partial charge >= 0.3 is 5.97 Å². The van der Waals surface area contributed by atoms with Crippen LogP contribution in [0.1, 0.15) is 48.5 Å². The third-order valence-corrected chi connectivity index (χ3v) is 4.97. The molecule has 0 radical (unpaired) electrons. The van der Waals surface area contributed by atoms with Crippen LogP contribution in [0, 0.1) is 0 Å². The van der Waals surface area contributed by atoms with Crippen LogP contribution in [0.5, 0.6) is 0 Å². The van der Waals surface area contributed by atoms with Crippen molar-refractivity contribution in [2.75, 3.05) is 11.9 Å².